The Balaban J connectivity index is 1.62. The maximum atomic E-state index is 13.4. The Morgan fingerprint density at radius 3 is 2.58 bits per heavy atom. The van der Waals surface area contributed by atoms with Crippen LogP contribution in [0.2, 0.25) is 10.0 Å². The first-order chi connectivity index (χ1) is 15.8. The summed E-state index contributed by atoms with van der Waals surface area (Å²) < 4.78 is 12.6. The molecule has 2 aromatic carbocycles. The summed E-state index contributed by atoms with van der Waals surface area (Å²) in [5.41, 5.74) is 2.42. The van der Waals surface area contributed by atoms with Crippen LogP contribution in [0, 0.1) is 0 Å². The van der Waals surface area contributed by atoms with E-state index in [2.05, 4.69) is 5.32 Å². The second kappa shape index (κ2) is 9.37. The average Bonchev–Trinajstić information content (AvgIpc) is 3.42. The van der Waals surface area contributed by atoms with E-state index in [1.165, 1.54) is 0 Å². The Bertz CT molecular complexity index is 1200. The molecule has 33 heavy (non-hydrogen) atoms. The Morgan fingerprint density at radius 1 is 1.21 bits per heavy atom. The number of halogens is 2. The number of aromatic nitrogens is 1. The van der Waals surface area contributed by atoms with Crippen molar-refractivity contribution in [3.05, 3.63) is 69.3 Å². The van der Waals surface area contributed by atoms with Crippen molar-refractivity contribution in [3.63, 3.8) is 0 Å². The molecular formula is C25H26Cl2N2O4. The Labute approximate surface area is 202 Å². The van der Waals surface area contributed by atoms with Crippen LogP contribution in [0.15, 0.2) is 42.5 Å². The van der Waals surface area contributed by atoms with Crippen LogP contribution >= 0.6 is 23.2 Å². The van der Waals surface area contributed by atoms with Gasteiger partial charge in [0.15, 0.2) is 0 Å². The molecule has 0 saturated carbocycles. The highest BCUT2D eigenvalue weighted by atomic mass is 35.5. The van der Waals surface area contributed by atoms with Gasteiger partial charge in [-0.1, -0.05) is 47.5 Å². The summed E-state index contributed by atoms with van der Waals surface area (Å²) in [7, 11) is 1.82. The van der Waals surface area contributed by atoms with Crippen LogP contribution in [0.3, 0.4) is 0 Å². The van der Waals surface area contributed by atoms with Crippen LogP contribution in [0.1, 0.15) is 47.8 Å². The molecule has 6 nitrogen and oxygen atoms in total. The van der Waals surface area contributed by atoms with Crippen LogP contribution < -0.4 is 5.32 Å². The number of hydrogen-bond donors (Lipinski definition) is 1. The number of ether oxygens (including phenoxy) is 2. The van der Waals surface area contributed by atoms with E-state index in [1.54, 1.807) is 23.6 Å². The number of hydrogen-bond acceptors (Lipinski definition) is 4. The fraction of sp³-hybridized carbons (Fsp3) is 0.360. The van der Waals surface area contributed by atoms with Gasteiger partial charge in [-0.25, -0.2) is 0 Å². The molecule has 2 atom stereocenters. The number of carbonyl (C=O) groups is 2. The standard InChI is InChI=1S/C25H26Cl2N2O4/c1-4-33-24(31)15(2)16-5-7-17(8-6-16)25(11-12-32-14-25)28-23(30)21-13-18-20(29(21)3)10-9-19(26)22(18)27/h5-10,13,15H,4,11-12,14H2,1-3H3,(H,28,30). The van der Waals surface area contributed by atoms with Crippen molar-refractivity contribution >= 4 is 46.0 Å². The summed E-state index contributed by atoms with van der Waals surface area (Å²) in [5.74, 6) is -0.848. The van der Waals surface area contributed by atoms with E-state index in [9.17, 15) is 9.59 Å². The lowest BCUT2D eigenvalue weighted by atomic mass is 9.87. The van der Waals surface area contributed by atoms with Crippen molar-refractivity contribution in [1.29, 1.82) is 0 Å². The van der Waals surface area contributed by atoms with Crippen LogP contribution in [0.5, 0.6) is 0 Å². The van der Waals surface area contributed by atoms with Crippen LogP contribution in [-0.2, 0) is 26.9 Å². The molecule has 174 valence electrons. The first kappa shape index (κ1) is 23.6. The molecule has 0 aliphatic carbocycles. The summed E-state index contributed by atoms with van der Waals surface area (Å²) in [6.07, 6.45) is 0.641. The molecule has 1 fully saturated rings. The second-order valence-corrected chi connectivity index (χ2v) is 9.10. The van der Waals surface area contributed by atoms with Gasteiger partial charge in [-0.05, 0) is 43.2 Å². The predicted octanol–water partition coefficient (Wildman–Crippen LogP) is 5.20. The van der Waals surface area contributed by atoms with E-state index >= 15 is 0 Å². The highest BCUT2D eigenvalue weighted by Gasteiger charge is 2.39. The Kier molecular flexibility index (Phi) is 6.71. The van der Waals surface area contributed by atoms with E-state index in [0.717, 1.165) is 22.0 Å². The van der Waals surface area contributed by atoms with Gasteiger partial charge in [0.2, 0.25) is 0 Å². The van der Waals surface area contributed by atoms with Gasteiger partial charge in [0.25, 0.3) is 5.91 Å². The van der Waals surface area contributed by atoms with E-state index in [4.69, 9.17) is 32.7 Å². The van der Waals surface area contributed by atoms with Gasteiger partial charge < -0.3 is 19.4 Å². The zero-order valence-corrected chi connectivity index (χ0v) is 20.3. The predicted molar refractivity (Wildman–Crippen MR) is 129 cm³/mol. The molecule has 2 heterocycles. The van der Waals surface area contributed by atoms with Crippen molar-refractivity contribution in [1.82, 2.24) is 9.88 Å². The average molecular weight is 489 g/mol. The number of carbonyl (C=O) groups excluding carboxylic acids is 2. The molecule has 0 bridgehead atoms. The number of fused-ring (bicyclic) bond motifs is 1. The molecular weight excluding hydrogens is 463 g/mol. The molecule has 1 amide bonds. The van der Waals surface area contributed by atoms with Gasteiger partial charge in [-0.3, -0.25) is 9.59 Å². The molecule has 1 aromatic heterocycles. The van der Waals surface area contributed by atoms with Crippen LogP contribution in [0.4, 0.5) is 0 Å². The molecule has 1 aliphatic rings. The lowest BCUT2D eigenvalue weighted by molar-refractivity contribution is -0.144. The van der Waals surface area contributed by atoms with Crippen molar-refractivity contribution in [2.45, 2.75) is 31.7 Å². The largest absolute Gasteiger partial charge is 0.466 e. The van der Waals surface area contributed by atoms with Crippen molar-refractivity contribution < 1.29 is 19.1 Å². The smallest absolute Gasteiger partial charge is 0.313 e. The first-order valence-electron chi connectivity index (χ1n) is 10.9. The molecule has 3 aromatic rings. The van der Waals surface area contributed by atoms with Gasteiger partial charge in [-0.2, -0.15) is 0 Å². The minimum atomic E-state index is -0.666. The molecule has 1 N–H and O–H groups in total. The van der Waals surface area contributed by atoms with Crippen molar-refractivity contribution in [2.24, 2.45) is 7.05 Å². The monoisotopic (exact) mass is 488 g/mol. The maximum Gasteiger partial charge on any atom is 0.313 e. The fourth-order valence-corrected chi connectivity index (χ4v) is 4.69. The summed E-state index contributed by atoms with van der Waals surface area (Å²) in [6, 6.07) is 13.0. The minimum absolute atomic E-state index is 0.227. The third kappa shape index (κ3) is 4.35. The number of nitrogens with one attached hydrogen (secondary N) is 1. The summed E-state index contributed by atoms with van der Waals surface area (Å²) in [5, 5.41) is 4.80. The van der Waals surface area contributed by atoms with E-state index < -0.39 is 5.54 Å². The Hall–Kier alpha value is -2.54. The normalized spacial score (nSPS) is 18.9. The van der Waals surface area contributed by atoms with Crippen LogP contribution in [0.25, 0.3) is 10.9 Å². The lowest BCUT2D eigenvalue weighted by Crippen LogP contribution is -2.47. The topological polar surface area (TPSA) is 69.6 Å². The summed E-state index contributed by atoms with van der Waals surface area (Å²) in [6.45, 7) is 4.86. The van der Waals surface area contributed by atoms with Gasteiger partial charge in [0.05, 0.1) is 34.7 Å². The molecule has 8 heteroatoms. The van der Waals surface area contributed by atoms with E-state index in [1.807, 2.05) is 44.3 Å². The number of nitrogens with zero attached hydrogens (tertiary/aromatic N) is 1. The zero-order chi connectivity index (χ0) is 23.8. The molecule has 0 spiro atoms. The fourth-order valence-electron chi connectivity index (χ4n) is 4.31. The van der Waals surface area contributed by atoms with Crippen LogP contribution in [-0.4, -0.2) is 36.3 Å². The summed E-state index contributed by atoms with van der Waals surface area (Å²) in [4.78, 5) is 25.5. The zero-order valence-electron chi connectivity index (χ0n) is 18.8. The number of amides is 1. The van der Waals surface area contributed by atoms with E-state index in [-0.39, 0.29) is 17.8 Å². The number of esters is 1. The molecule has 2 unspecified atom stereocenters. The summed E-state index contributed by atoms with van der Waals surface area (Å²) >= 11 is 12.5. The highest BCUT2D eigenvalue weighted by molar-refractivity contribution is 6.45. The number of benzene rings is 2. The first-order valence-corrected chi connectivity index (χ1v) is 11.6. The third-order valence-corrected chi connectivity index (χ3v) is 7.14. The number of rotatable bonds is 6. The SMILES string of the molecule is CCOC(=O)C(C)c1ccc(C2(NC(=O)c3cc4c(Cl)c(Cl)ccc4n3C)CCOC2)cc1. The molecule has 1 saturated heterocycles. The quantitative estimate of drug-likeness (QED) is 0.484. The Morgan fingerprint density at radius 2 is 1.94 bits per heavy atom. The van der Waals surface area contributed by atoms with Gasteiger partial charge in [0.1, 0.15) is 5.69 Å². The third-order valence-electron chi connectivity index (χ3n) is 6.32. The van der Waals surface area contributed by atoms with Gasteiger partial charge in [-0.15, -0.1) is 0 Å². The van der Waals surface area contributed by atoms with Gasteiger partial charge in [0, 0.05) is 31.0 Å². The van der Waals surface area contributed by atoms with E-state index in [0.29, 0.717) is 42.0 Å². The number of aryl methyl sites for hydroxylation is 1. The molecule has 1 aliphatic heterocycles. The van der Waals surface area contributed by atoms with Crippen molar-refractivity contribution in [2.75, 3.05) is 19.8 Å². The lowest BCUT2D eigenvalue weighted by Gasteiger charge is -2.30. The molecule has 0 radical (unpaired) electrons. The van der Waals surface area contributed by atoms with Gasteiger partial charge >= 0.3 is 5.97 Å². The highest BCUT2D eigenvalue weighted by Crippen LogP contribution is 2.35. The second-order valence-electron chi connectivity index (χ2n) is 8.32. The van der Waals surface area contributed by atoms with Crippen molar-refractivity contribution in [3.8, 4) is 0 Å². The maximum absolute atomic E-state index is 13.4. The minimum Gasteiger partial charge on any atom is -0.466 e. The molecule has 4 rings (SSSR count).